The first-order valence-electron chi connectivity index (χ1n) is 8.03. The lowest BCUT2D eigenvalue weighted by atomic mass is 10.2. The Labute approximate surface area is 153 Å². The van der Waals surface area contributed by atoms with Gasteiger partial charge in [-0.25, -0.2) is 5.43 Å². The summed E-state index contributed by atoms with van der Waals surface area (Å²) in [4.78, 5) is 12.2. The van der Waals surface area contributed by atoms with E-state index in [2.05, 4.69) is 15.8 Å². The van der Waals surface area contributed by atoms with Crippen LogP contribution in [0.25, 0.3) is 0 Å². The Hall–Kier alpha value is -3.22. The van der Waals surface area contributed by atoms with Gasteiger partial charge in [0.15, 0.2) is 0 Å². The van der Waals surface area contributed by atoms with Gasteiger partial charge in [-0.2, -0.15) is 5.10 Å². The number of hydrazone groups is 1. The van der Waals surface area contributed by atoms with Crippen molar-refractivity contribution in [2.75, 3.05) is 26.6 Å². The molecule has 2 N–H and O–H groups in total. The molecule has 0 aliphatic heterocycles. The Morgan fingerprint density at radius 2 is 1.65 bits per heavy atom. The third-order valence-corrected chi connectivity index (χ3v) is 3.68. The summed E-state index contributed by atoms with van der Waals surface area (Å²) >= 11 is 0. The summed E-state index contributed by atoms with van der Waals surface area (Å²) in [6.07, 6.45) is 1.51. The fourth-order valence-corrected chi connectivity index (χ4v) is 2.21. The molecule has 0 saturated carbocycles. The van der Waals surface area contributed by atoms with E-state index >= 15 is 0 Å². The van der Waals surface area contributed by atoms with Gasteiger partial charge in [0.25, 0.3) is 5.91 Å². The molecule has 7 heteroatoms. The lowest BCUT2D eigenvalue weighted by molar-refractivity contribution is -0.121. The van der Waals surface area contributed by atoms with Crippen molar-refractivity contribution >= 4 is 17.8 Å². The normalized spacial score (nSPS) is 11.7. The van der Waals surface area contributed by atoms with E-state index in [0.717, 1.165) is 11.4 Å². The van der Waals surface area contributed by atoms with E-state index in [0.29, 0.717) is 17.1 Å². The number of nitrogens with zero attached hydrogens (tertiary/aromatic N) is 1. The molecule has 0 radical (unpaired) electrons. The van der Waals surface area contributed by atoms with Crippen molar-refractivity contribution in [1.29, 1.82) is 0 Å². The van der Waals surface area contributed by atoms with Gasteiger partial charge >= 0.3 is 0 Å². The smallest absolute Gasteiger partial charge is 0.262 e. The molecule has 2 rings (SSSR count). The zero-order chi connectivity index (χ0) is 18.9. The molecule has 0 fully saturated rings. The van der Waals surface area contributed by atoms with Crippen LogP contribution in [0.15, 0.2) is 47.6 Å². The third kappa shape index (κ3) is 5.14. The highest BCUT2D eigenvalue weighted by Gasteiger charge is 2.12. The molecule has 0 aliphatic rings. The third-order valence-electron chi connectivity index (χ3n) is 3.68. The molecule has 7 nitrogen and oxygen atoms in total. The van der Waals surface area contributed by atoms with Gasteiger partial charge in [0.1, 0.15) is 23.3 Å². The van der Waals surface area contributed by atoms with Gasteiger partial charge in [-0.1, -0.05) is 0 Å². The topological polar surface area (TPSA) is 81.2 Å². The molecule has 2 aromatic carbocycles. The first kappa shape index (κ1) is 19.1. The van der Waals surface area contributed by atoms with Crippen molar-refractivity contribution in [1.82, 2.24) is 5.43 Å². The van der Waals surface area contributed by atoms with Crippen LogP contribution < -0.4 is 25.0 Å². The van der Waals surface area contributed by atoms with Gasteiger partial charge in [0.05, 0.1) is 27.5 Å². The van der Waals surface area contributed by atoms with Gasteiger partial charge in [0.2, 0.25) is 0 Å². The summed E-state index contributed by atoms with van der Waals surface area (Å²) in [6.45, 7) is 1.75. The summed E-state index contributed by atoms with van der Waals surface area (Å²) in [5, 5.41) is 7.09. The SMILES string of the molecule is COc1ccc(N[C@H](C)C(=O)N/N=C\c2cc(OC)ccc2OC)cc1. The van der Waals surface area contributed by atoms with Gasteiger partial charge in [-0.05, 0) is 49.4 Å². The molecule has 0 aliphatic carbocycles. The lowest BCUT2D eigenvalue weighted by Gasteiger charge is -2.13. The Morgan fingerprint density at radius 1 is 1.00 bits per heavy atom. The summed E-state index contributed by atoms with van der Waals surface area (Å²) in [6, 6.07) is 12.2. The molecule has 0 aromatic heterocycles. The number of ether oxygens (including phenoxy) is 3. The molecule has 1 atom stereocenters. The average molecular weight is 357 g/mol. The molecule has 0 heterocycles. The van der Waals surface area contributed by atoms with Crippen LogP contribution in [0.3, 0.4) is 0 Å². The molecular formula is C19H23N3O4. The predicted molar refractivity (Wildman–Crippen MR) is 101 cm³/mol. The average Bonchev–Trinajstić information content (AvgIpc) is 2.68. The van der Waals surface area contributed by atoms with Crippen LogP contribution in [-0.4, -0.2) is 39.5 Å². The number of hydrogen-bond acceptors (Lipinski definition) is 6. The molecule has 1 amide bonds. The van der Waals surface area contributed by atoms with Gasteiger partial charge in [-0.3, -0.25) is 4.79 Å². The van der Waals surface area contributed by atoms with Crippen LogP contribution in [0.1, 0.15) is 12.5 Å². The van der Waals surface area contributed by atoms with Crippen molar-refractivity contribution in [2.24, 2.45) is 5.10 Å². The quantitative estimate of drug-likeness (QED) is 0.561. The monoisotopic (exact) mass is 357 g/mol. The second-order valence-corrected chi connectivity index (χ2v) is 5.44. The minimum Gasteiger partial charge on any atom is -0.497 e. The Bertz CT molecular complexity index is 760. The van der Waals surface area contributed by atoms with Crippen LogP contribution >= 0.6 is 0 Å². The van der Waals surface area contributed by atoms with E-state index < -0.39 is 6.04 Å². The van der Waals surface area contributed by atoms with Crippen molar-refractivity contribution in [3.05, 3.63) is 48.0 Å². The Kier molecular flexibility index (Phi) is 6.84. The lowest BCUT2D eigenvalue weighted by Crippen LogP contribution is -2.34. The zero-order valence-electron chi connectivity index (χ0n) is 15.3. The second-order valence-electron chi connectivity index (χ2n) is 5.44. The highest BCUT2D eigenvalue weighted by Crippen LogP contribution is 2.22. The van der Waals surface area contributed by atoms with Crippen LogP contribution in [0.5, 0.6) is 17.2 Å². The van der Waals surface area contributed by atoms with Crippen LogP contribution in [0, 0.1) is 0 Å². The summed E-state index contributed by atoms with van der Waals surface area (Å²) in [5.41, 5.74) is 4.02. The molecule has 0 saturated heterocycles. The Morgan fingerprint density at radius 3 is 2.27 bits per heavy atom. The maximum Gasteiger partial charge on any atom is 0.262 e. The van der Waals surface area contributed by atoms with Crippen LogP contribution in [0.2, 0.25) is 0 Å². The number of anilines is 1. The Balaban J connectivity index is 1.95. The van der Waals surface area contributed by atoms with Gasteiger partial charge in [0, 0.05) is 11.3 Å². The molecule has 0 spiro atoms. The summed E-state index contributed by atoms with van der Waals surface area (Å²) < 4.78 is 15.6. The van der Waals surface area contributed by atoms with Crippen molar-refractivity contribution < 1.29 is 19.0 Å². The van der Waals surface area contributed by atoms with E-state index in [-0.39, 0.29) is 5.91 Å². The number of nitrogens with one attached hydrogen (secondary N) is 2. The zero-order valence-corrected chi connectivity index (χ0v) is 15.3. The van der Waals surface area contributed by atoms with E-state index in [9.17, 15) is 4.79 Å². The number of methoxy groups -OCH3 is 3. The minimum atomic E-state index is -0.465. The second kappa shape index (κ2) is 9.31. The number of carbonyl (C=O) groups is 1. The molecule has 0 unspecified atom stereocenters. The first-order chi connectivity index (χ1) is 12.6. The maximum absolute atomic E-state index is 12.2. The molecule has 0 bridgehead atoms. The van der Waals surface area contributed by atoms with Gasteiger partial charge < -0.3 is 19.5 Å². The number of amides is 1. The maximum atomic E-state index is 12.2. The van der Waals surface area contributed by atoms with Gasteiger partial charge in [-0.15, -0.1) is 0 Å². The molecular weight excluding hydrogens is 334 g/mol. The number of rotatable bonds is 8. The fourth-order valence-electron chi connectivity index (χ4n) is 2.21. The minimum absolute atomic E-state index is 0.265. The van der Waals surface area contributed by atoms with E-state index in [1.54, 1.807) is 46.5 Å². The fraction of sp³-hybridized carbons (Fsp3) is 0.263. The molecule has 2 aromatic rings. The standard InChI is InChI=1S/C19H23N3O4/c1-13(21-15-5-7-16(24-2)8-6-15)19(23)22-20-12-14-11-17(25-3)9-10-18(14)26-4/h5-13,21H,1-4H3,(H,22,23)/b20-12-/t13-/m1/s1. The summed E-state index contributed by atoms with van der Waals surface area (Å²) in [5.74, 6) is 1.80. The first-order valence-corrected chi connectivity index (χ1v) is 8.03. The molecule has 138 valence electrons. The van der Waals surface area contributed by atoms with Crippen molar-refractivity contribution in [2.45, 2.75) is 13.0 Å². The highest BCUT2D eigenvalue weighted by molar-refractivity contribution is 5.88. The largest absolute Gasteiger partial charge is 0.497 e. The van der Waals surface area contributed by atoms with Crippen molar-refractivity contribution in [3.63, 3.8) is 0 Å². The number of carbonyl (C=O) groups excluding carboxylic acids is 1. The van der Waals surface area contributed by atoms with Crippen LogP contribution in [-0.2, 0) is 4.79 Å². The molecule has 26 heavy (non-hydrogen) atoms. The predicted octanol–water partition coefficient (Wildman–Crippen LogP) is 2.66. The van der Waals surface area contributed by atoms with Crippen molar-refractivity contribution in [3.8, 4) is 17.2 Å². The van der Waals surface area contributed by atoms with E-state index in [4.69, 9.17) is 14.2 Å². The summed E-state index contributed by atoms with van der Waals surface area (Å²) in [7, 11) is 4.75. The number of benzene rings is 2. The van der Waals surface area contributed by atoms with Crippen LogP contribution in [0.4, 0.5) is 5.69 Å². The van der Waals surface area contributed by atoms with E-state index in [1.807, 2.05) is 24.3 Å². The number of hydrogen-bond donors (Lipinski definition) is 2. The highest BCUT2D eigenvalue weighted by atomic mass is 16.5. The van der Waals surface area contributed by atoms with E-state index in [1.165, 1.54) is 6.21 Å².